The molecule has 241 valence electrons. The molecule has 1 aliphatic carbocycles. The number of benzene rings is 5. The Morgan fingerprint density at radius 1 is 0.660 bits per heavy atom. The zero-order valence-corrected chi connectivity index (χ0v) is 32.4. The molecule has 1 atom stereocenters. The minimum atomic E-state index is -1.44. The van der Waals surface area contributed by atoms with E-state index >= 15 is 0 Å². The molecule has 1 heterocycles. The van der Waals surface area contributed by atoms with Crippen LogP contribution in [-0.2, 0) is 22.5 Å². The van der Waals surface area contributed by atoms with Gasteiger partial charge in [0.25, 0.3) is 0 Å². The maximum atomic E-state index is 12.0. The van der Waals surface area contributed by atoms with Crippen LogP contribution >= 0.6 is 63.7 Å². The molecular weight excluding hydrogens is 903 g/mol. The summed E-state index contributed by atoms with van der Waals surface area (Å²) in [7, 11) is 0. The van der Waals surface area contributed by atoms with Gasteiger partial charge in [-0.1, -0.05) is 75.9 Å². The van der Waals surface area contributed by atoms with Crippen molar-refractivity contribution in [1.82, 2.24) is 9.97 Å². The first kappa shape index (κ1) is 37.1. The Bertz CT molecular complexity index is 2140. The normalized spacial score (nSPS) is 12.1. The van der Waals surface area contributed by atoms with Crippen molar-refractivity contribution in [3.05, 3.63) is 114 Å². The molecule has 1 aromatic heterocycles. The first-order valence-corrected chi connectivity index (χ1v) is 18.0. The van der Waals surface area contributed by atoms with Crippen LogP contribution in [0.25, 0.3) is 43.7 Å². The van der Waals surface area contributed by atoms with Crippen molar-refractivity contribution in [3.8, 4) is 11.1 Å². The molecular formula is C34H26Br4MnN4O4. The maximum absolute atomic E-state index is 12.0. The summed E-state index contributed by atoms with van der Waals surface area (Å²) >= 11 is 12.5. The molecule has 0 fully saturated rings. The van der Waals surface area contributed by atoms with Crippen LogP contribution in [0.2, 0.25) is 0 Å². The number of nitrogens with two attached hydrogens (primary N) is 2. The minimum absolute atomic E-state index is 0.162. The fraction of sp³-hybridized carbons (Fsp3) is 0.118. The Kier molecular flexibility index (Phi) is 13.1. The number of aromatic nitrogens is 2. The van der Waals surface area contributed by atoms with Crippen LogP contribution in [0.15, 0.2) is 96.9 Å². The Balaban J connectivity index is 0.000000175. The van der Waals surface area contributed by atoms with Gasteiger partial charge in [0, 0.05) is 58.6 Å². The van der Waals surface area contributed by atoms with Gasteiger partial charge < -0.3 is 11.5 Å². The van der Waals surface area contributed by atoms with Crippen LogP contribution in [-0.4, -0.2) is 34.1 Å². The number of halogens is 4. The monoisotopic (exact) mass is 925 g/mol. The molecule has 1 aliphatic rings. The predicted octanol–water partition coefficient (Wildman–Crippen LogP) is 9.08. The quantitative estimate of drug-likeness (QED) is 0.0944. The fourth-order valence-corrected chi connectivity index (χ4v) is 6.32. The van der Waals surface area contributed by atoms with E-state index in [4.69, 9.17) is 24.1 Å². The number of ketones is 2. The third-order valence-corrected chi connectivity index (χ3v) is 8.95. The Hall–Kier alpha value is -2.74. The van der Waals surface area contributed by atoms with Crippen LogP contribution in [0, 0.1) is 6.92 Å². The molecule has 0 spiro atoms. The topological polar surface area (TPSA) is 146 Å². The van der Waals surface area contributed by atoms with E-state index in [9.17, 15) is 9.59 Å². The summed E-state index contributed by atoms with van der Waals surface area (Å²) < 4.78 is 20.7. The Labute approximate surface area is 310 Å². The molecule has 0 radical (unpaired) electrons. The number of carbonyl (C=O) groups excluding carboxylic acids is 2. The average molecular weight is 929 g/mol. The number of nitrogens with zero attached hydrogens (tertiary/aromatic N) is 2. The van der Waals surface area contributed by atoms with E-state index in [2.05, 4.69) is 99.0 Å². The van der Waals surface area contributed by atoms with Crippen LogP contribution in [0.5, 0.6) is 0 Å². The zero-order chi connectivity index (χ0) is 34.4. The summed E-state index contributed by atoms with van der Waals surface area (Å²) in [5.41, 5.74) is 15.6. The number of rotatable bonds is 1. The number of Topliss-reactive ketones (excluding diaryl/α,β-unsaturated/α-hetero) is 2. The number of fused-ring (bicyclic) bond motifs is 9. The van der Waals surface area contributed by atoms with Crippen LogP contribution in [0.4, 0.5) is 0 Å². The first-order valence-electron chi connectivity index (χ1n) is 13.9. The molecule has 47 heavy (non-hydrogen) atoms. The van der Waals surface area contributed by atoms with Crippen LogP contribution < -0.4 is 11.5 Å². The molecule has 1 unspecified atom stereocenters. The van der Waals surface area contributed by atoms with Gasteiger partial charge in [-0.25, -0.2) is 4.98 Å². The fourth-order valence-electron chi connectivity index (χ4n) is 4.87. The van der Waals surface area contributed by atoms with Crippen molar-refractivity contribution >= 4 is 108 Å². The summed E-state index contributed by atoms with van der Waals surface area (Å²) in [5.74, 6) is -0.875. The summed E-state index contributed by atoms with van der Waals surface area (Å²) in [6.45, 7) is 4.43. The van der Waals surface area contributed by atoms with Gasteiger partial charge in [0.1, 0.15) is 0 Å². The second-order valence-corrected chi connectivity index (χ2v) is 14.3. The van der Waals surface area contributed by atoms with Crippen molar-refractivity contribution in [2.24, 2.45) is 11.5 Å². The average Bonchev–Trinajstić information content (AvgIpc) is 3.04. The molecule has 0 aliphatic heterocycles. The van der Waals surface area contributed by atoms with Crippen LogP contribution in [0.1, 0.15) is 33.3 Å². The molecule has 13 heteroatoms. The van der Waals surface area contributed by atoms with E-state index in [0.717, 1.165) is 56.5 Å². The summed E-state index contributed by atoms with van der Waals surface area (Å²) in [6, 6.07) is 23.4. The van der Waals surface area contributed by atoms with Crippen LogP contribution in [0.3, 0.4) is 0 Å². The van der Waals surface area contributed by atoms with Gasteiger partial charge in [-0.2, -0.15) is 0 Å². The molecule has 5 aromatic carbocycles. The van der Waals surface area contributed by atoms with E-state index in [0.29, 0.717) is 17.7 Å². The molecule has 4 N–H and O–H groups in total. The molecule has 6 aromatic rings. The second kappa shape index (κ2) is 16.6. The van der Waals surface area contributed by atoms with E-state index in [1.165, 1.54) is 10.8 Å². The number of hydrogen-bond donors (Lipinski definition) is 2. The molecule has 0 saturated carbocycles. The van der Waals surface area contributed by atoms with Gasteiger partial charge in [0.15, 0.2) is 0 Å². The van der Waals surface area contributed by atoms with Gasteiger partial charge in [-0.3, -0.25) is 14.6 Å². The van der Waals surface area contributed by atoms with E-state index in [1.54, 1.807) is 24.3 Å². The van der Waals surface area contributed by atoms with Crippen molar-refractivity contribution in [1.29, 1.82) is 0 Å². The Morgan fingerprint density at radius 3 is 1.47 bits per heavy atom. The number of aryl methyl sites for hydroxylation is 1. The van der Waals surface area contributed by atoms with Crippen molar-refractivity contribution in [2.75, 3.05) is 6.54 Å². The molecule has 7 rings (SSSR count). The van der Waals surface area contributed by atoms with Gasteiger partial charge in [0.2, 0.25) is 11.6 Å². The SMILES string of the molecule is CC(N)CN.Cc1cnc2c3ccc(Br)cc3c3cc(Br)ccc3c2n1.O=C1C(=O)c2ccc(Br)cc2-c2cc(Br)ccc21.[O]=[Mn]=[O]. The van der Waals surface area contributed by atoms with Crippen molar-refractivity contribution in [2.45, 2.75) is 19.9 Å². The van der Waals surface area contributed by atoms with Gasteiger partial charge in [-0.05, 0) is 96.4 Å². The van der Waals surface area contributed by atoms with E-state index in [-0.39, 0.29) is 6.04 Å². The van der Waals surface area contributed by atoms with Gasteiger partial charge >= 0.3 is 22.5 Å². The summed E-state index contributed by atoms with van der Waals surface area (Å²) in [4.78, 5) is 33.3. The van der Waals surface area contributed by atoms with Crippen molar-refractivity contribution < 1.29 is 32.1 Å². The second-order valence-electron chi connectivity index (χ2n) is 10.4. The van der Waals surface area contributed by atoms with Gasteiger partial charge in [0.05, 0.1) is 16.7 Å². The van der Waals surface area contributed by atoms with E-state index in [1.807, 2.05) is 38.2 Å². The molecule has 0 saturated heterocycles. The van der Waals surface area contributed by atoms with Gasteiger partial charge in [-0.15, -0.1) is 0 Å². The Morgan fingerprint density at radius 2 is 1.04 bits per heavy atom. The third-order valence-electron chi connectivity index (χ3n) is 6.98. The third kappa shape index (κ3) is 8.65. The zero-order valence-electron chi connectivity index (χ0n) is 24.9. The molecule has 0 bridgehead atoms. The van der Waals surface area contributed by atoms with E-state index < -0.39 is 26.4 Å². The molecule has 0 amide bonds. The van der Waals surface area contributed by atoms with Crippen molar-refractivity contribution in [3.63, 3.8) is 0 Å². The standard InChI is InChI=1S/C17H10Br2N2.C14H6Br2O2.C3H10N2.Mn.2O/c1-9-8-20-16-12-4-2-10(18)6-14(12)15-7-11(19)3-5-13(15)17(16)21-9;15-7-1-3-9-11(5-7)12-6-8(16)2-4-10(12)14(18)13(9)17;1-3(5)2-4;;;/h2-8H,1H3;1-6H;3H,2,4-5H2,1H3;;;. The predicted molar refractivity (Wildman–Crippen MR) is 195 cm³/mol. The number of carbonyl (C=O) groups is 2. The molecule has 8 nitrogen and oxygen atoms in total. The first-order chi connectivity index (χ1) is 22.4. The summed E-state index contributed by atoms with van der Waals surface area (Å²) in [6.07, 6.45) is 1.83. The number of hydrogen-bond acceptors (Lipinski definition) is 8. The summed E-state index contributed by atoms with van der Waals surface area (Å²) in [5, 5.41) is 4.64.